The Labute approximate surface area is 129 Å². The molecule has 0 aliphatic carbocycles. The number of methoxy groups -OCH3 is 2. The van der Waals surface area contributed by atoms with E-state index in [0.29, 0.717) is 22.7 Å². The van der Waals surface area contributed by atoms with Gasteiger partial charge in [0.1, 0.15) is 17.1 Å². The molecule has 0 bridgehead atoms. The monoisotopic (exact) mass is 275 g/mol. The van der Waals surface area contributed by atoms with Crippen LogP contribution in [0.15, 0.2) is 12.1 Å². The Hall–Kier alpha value is -0.483. The summed E-state index contributed by atoms with van der Waals surface area (Å²) in [6, 6.07) is 3.74. The first-order valence-electron chi connectivity index (χ1n) is 6.06. The standard InChI is InChI=1S/C14H21O3P.Li/c1-6-10(3)18-14(15)13-11(16-4)7-9(2)8-12(13)17-5;/h7-8,10,18H,6H2,1-5H3;. The van der Waals surface area contributed by atoms with Gasteiger partial charge >= 0.3 is 0 Å². The van der Waals surface area contributed by atoms with Gasteiger partial charge in [-0.05, 0) is 45.3 Å². The number of aryl methyl sites for hydroxylation is 1. The largest absolute Gasteiger partial charge is 0.496 e. The van der Waals surface area contributed by atoms with Crippen LogP contribution in [0.4, 0.5) is 0 Å². The zero-order valence-electron chi connectivity index (χ0n) is 12.7. The predicted molar refractivity (Wildman–Crippen MR) is 82.4 cm³/mol. The smallest absolute Gasteiger partial charge is 0.188 e. The minimum absolute atomic E-state index is 0. The van der Waals surface area contributed by atoms with Crippen LogP contribution in [0.5, 0.6) is 11.5 Å². The van der Waals surface area contributed by atoms with Gasteiger partial charge in [0.2, 0.25) is 0 Å². The number of carbonyl (C=O) groups is 1. The Morgan fingerprint density at radius 1 is 1.26 bits per heavy atom. The third kappa shape index (κ3) is 4.84. The van der Waals surface area contributed by atoms with Crippen molar-refractivity contribution in [2.45, 2.75) is 32.9 Å². The van der Waals surface area contributed by atoms with Gasteiger partial charge in [-0.25, -0.2) is 0 Å². The number of carbonyl (C=O) groups excluding carboxylic acids is 1. The maximum absolute atomic E-state index is 12.3. The molecule has 0 heterocycles. The van der Waals surface area contributed by atoms with Gasteiger partial charge in [-0.2, -0.15) is 0 Å². The molecule has 101 valence electrons. The first-order chi connectivity index (χ1) is 8.53. The van der Waals surface area contributed by atoms with Crippen molar-refractivity contribution < 1.29 is 14.3 Å². The van der Waals surface area contributed by atoms with Crippen molar-refractivity contribution in [2.75, 3.05) is 14.2 Å². The quantitative estimate of drug-likeness (QED) is 0.590. The third-order valence-corrected chi connectivity index (χ3v) is 4.28. The summed E-state index contributed by atoms with van der Waals surface area (Å²) in [5, 5.41) is 0. The molecule has 0 fully saturated rings. The number of rotatable bonds is 6. The molecule has 0 aromatic heterocycles. The molecule has 0 saturated carbocycles. The molecule has 0 spiro atoms. The molecule has 3 nitrogen and oxygen atoms in total. The summed E-state index contributed by atoms with van der Waals surface area (Å²) >= 11 is 0. The van der Waals surface area contributed by atoms with E-state index in [0.717, 1.165) is 12.0 Å². The van der Waals surface area contributed by atoms with E-state index in [4.69, 9.17) is 9.47 Å². The van der Waals surface area contributed by atoms with Crippen LogP contribution in [0.25, 0.3) is 0 Å². The molecule has 0 aliphatic rings. The molecule has 0 N–H and O–H groups in total. The Morgan fingerprint density at radius 2 is 1.74 bits per heavy atom. The van der Waals surface area contributed by atoms with Crippen LogP contribution in [0.2, 0.25) is 0 Å². The van der Waals surface area contributed by atoms with Gasteiger partial charge in [-0.1, -0.05) is 13.8 Å². The molecule has 1 aromatic rings. The zero-order valence-corrected chi connectivity index (χ0v) is 13.7. The van der Waals surface area contributed by atoms with Crippen LogP contribution in [-0.2, 0) is 0 Å². The normalized spacial score (nSPS) is 12.1. The first-order valence-corrected chi connectivity index (χ1v) is 7.14. The van der Waals surface area contributed by atoms with E-state index < -0.39 is 0 Å². The molecule has 0 aliphatic heterocycles. The van der Waals surface area contributed by atoms with Gasteiger partial charge in [0.15, 0.2) is 5.52 Å². The molecule has 19 heavy (non-hydrogen) atoms. The number of benzene rings is 1. The van der Waals surface area contributed by atoms with E-state index in [1.54, 1.807) is 14.2 Å². The van der Waals surface area contributed by atoms with Crippen molar-refractivity contribution in [3.05, 3.63) is 23.3 Å². The van der Waals surface area contributed by atoms with Gasteiger partial charge in [0, 0.05) is 18.9 Å². The molecule has 1 aromatic carbocycles. The van der Waals surface area contributed by atoms with Crippen LogP contribution < -0.4 is 9.47 Å². The van der Waals surface area contributed by atoms with Gasteiger partial charge in [-0.15, -0.1) is 0 Å². The summed E-state index contributed by atoms with van der Waals surface area (Å²) in [5.41, 5.74) is 2.10. The molecule has 1 rings (SSSR count). The van der Waals surface area contributed by atoms with Crippen LogP contribution in [0, 0.1) is 6.92 Å². The summed E-state index contributed by atoms with van der Waals surface area (Å²) in [4.78, 5) is 12.3. The van der Waals surface area contributed by atoms with Gasteiger partial charge in [0.25, 0.3) is 0 Å². The van der Waals surface area contributed by atoms with Crippen molar-refractivity contribution in [1.29, 1.82) is 0 Å². The molecule has 2 unspecified atom stereocenters. The van der Waals surface area contributed by atoms with Crippen LogP contribution in [0.3, 0.4) is 0 Å². The van der Waals surface area contributed by atoms with Gasteiger partial charge in [0.05, 0.1) is 14.2 Å². The maximum Gasteiger partial charge on any atom is 0.188 e. The van der Waals surface area contributed by atoms with E-state index in [-0.39, 0.29) is 33.0 Å². The topological polar surface area (TPSA) is 35.5 Å². The molecular weight excluding hydrogens is 254 g/mol. The van der Waals surface area contributed by atoms with E-state index in [2.05, 4.69) is 13.8 Å². The molecule has 0 amide bonds. The minimum atomic E-state index is 0. The Balaban J connectivity index is 0.00000324. The fourth-order valence-electron chi connectivity index (χ4n) is 1.66. The zero-order chi connectivity index (χ0) is 13.7. The van der Waals surface area contributed by atoms with Crippen LogP contribution in [0.1, 0.15) is 36.2 Å². The fourth-order valence-corrected chi connectivity index (χ4v) is 2.71. The summed E-state index contributed by atoms with van der Waals surface area (Å²) in [6.45, 7) is 6.13. The van der Waals surface area contributed by atoms with Crippen molar-refractivity contribution in [3.8, 4) is 11.5 Å². The predicted octanol–water partition coefficient (Wildman–Crippen LogP) is 3.25. The molecule has 1 radical (unpaired) electrons. The number of hydrogen-bond donors (Lipinski definition) is 0. The average Bonchev–Trinajstić information content (AvgIpc) is 2.36. The summed E-state index contributed by atoms with van der Waals surface area (Å²) in [7, 11) is 3.42. The van der Waals surface area contributed by atoms with E-state index >= 15 is 0 Å². The van der Waals surface area contributed by atoms with E-state index in [1.165, 1.54) is 0 Å². The SMILES string of the molecule is CCC(C)PC(=O)c1c(OC)cc(C)cc1OC.[Li]. The first kappa shape index (κ1) is 18.5. The molecule has 5 heteroatoms. The van der Waals surface area contributed by atoms with E-state index in [9.17, 15) is 4.79 Å². The second kappa shape index (κ2) is 8.64. The Kier molecular flexibility index (Phi) is 8.42. The van der Waals surface area contributed by atoms with Gasteiger partial charge < -0.3 is 9.47 Å². The van der Waals surface area contributed by atoms with E-state index in [1.807, 2.05) is 19.1 Å². The maximum atomic E-state index is 12.3. The van der Waals surface area contributed by atoms with Crippen LogP contribution >= 0.6 is 8.58 Å². The van der Waals surface area contributed by atoms with Crippen LogP contribution in [-0.4, -0.2) is 44.3 Å². The number of hydrogen-bond acceptors (Lipinski definition) is 3. The number of ether oxygens (including phenoxy) is 2. The fraction of sp³-hybridized carbons (Fsp3) is 0.500. The van der Waals surface area contributed by atoms with Crippen molar-refractivity contribution >= 4 is 33.0 Å². The van der Waals surface area contributed by atoms with Crippen molar-refractivity contribution in [3.63, 3.8) is 0 Å². The average molecular weight is 275 g/mol. The van der Waals surface area contributed by atoms with Crippen molar-refractivity contribution in [1.82, 2.24) is 0 Å². The summed E-state index contributed by atoms with van der Waals surface area (Å²) in [5.74, 6) is 1.21. The molecule has 2 atom stereocenters. The molecular formula is C14H21LiO3P. The Bertz CT molecular complexity index is 410. The summed E-state index contributed by atoms with van der Waals surface area (Å²) in [6.07, 6.45) is 1.00. The second-order valence-electron chi connectivity index (χ2n) is 4.33. The van der Waals surface area contributed by atoms with Gasteiger partial charge in [-0.3, -0.25) is 4.79 Å². The second-order valence-corrected chi connectivity index (χ2v) is 6.06. The molecule has 0 saturated heterocycles. The third-order valence-electron chi connectivity index (χ3n) is 2.87. The summed E-state index contributed by atoms with van der Waals surface area (Å²) < 4.78 is 10.6. The van der Waals surface area contributed by atoms with Crippen molar-refractivity contribution in [2.24, 2.45) is 0 Å². The Morgan fingerprint density at radius 3 is 2.11 bits per heavy atom. The minimum Gasteiger partial charge on any atom is -0.496 e.